The first kappa shape index (κ1) is 15.8. The Balaban J connectivity index is 1.61. The number of carbonyl (C=O) groups excluding carboxylic acids is 1. The van der Waals surface area contributed by atoms with Gasteiger partial charge in [0.15, 0.2) is 5.82 Å². The zero-order valence-corrected chi connectivity index (χ0v) is 13.5. The fourth-order valence-electron chi connectivity index (χ4n) is 2.52. The van der Waals surface area contributed by atoms with E-state index in [1.807, 2.05) is 13.0 Å². The lowest BCUT2D eigenvalue weighted by Crippen LogP contribution is -2.20. The molecule has 1 saturated heterocycles. The molecular weight excluding hydrogens is 318 g/mol. The Bertz CT molecular complexity index is 697. The maximum Gasteiger partial charge on any atom is 0.324 e. The second-order valence-corrected chi connectivity index (χ2v) is 5.88. The Kier molecular flexibility index (Phi) is 4.78. The number of halogens is 1. The van der Waals surface area contributed by atoms with E-state index in [9.17, 15) is 4.79 Å². The van der Waals surface area contributed by atoms with Crippen LogP contribution in [0.3, 0.4) is 0 Å². The van der Waals surface area contributed by atoms with Crippen molar-refractivity contribution in [3.63, 3.8) is 0 Å². The molecule has 0 aromatic carbocycles. The maximum atomic E-state index is 12.1. The van der Waals surface area contributed by atoms with E-state index in [0.29, 0.717) is 22.6 Å². The van der Waals surface area contributed by atoms with Gasteiger partial charge in [-0.3, -0.25) is 10.4 Å². The lowest BCUT2D eigenvalue weighted by Gasteiger charge is -2.20. The molecule has 1 aliphatic heterocycles. The summed E-state index contributed by atoms with van der Waals surface area (Å²) in [7, 11) is 0. The third-order valence-corrected chi connectivity index (χ3v) is 4.03. The topological polar surface area (TPSA) is 91.9 Å². The number of hydrogen-bond donors (Lipinski definition) is 3. The van der Waals surface area contributed by atoms with E-state index in [1.165, 1.54) is 0 Å². The van der Waals surface area contributed by atoms with Crippen LogP contribution in [0, 0.1) is 6.92 Å². The van der Waals surface area contributed by atoms with Gasteiger partial charge in [0, 0.05) is 42.8 Å². The van der Waals surface area contributed by atoms with Crippen LogP contribution >= 0.6 is 11.6 Å². The molecule has 3 rings (SSSR count). The standard InChI is InChI=1S/C15H18ClN5O2/c1-9-8-17-13(16)6-11(9)18-15(22)19-14-7-12(20-21-14)10-2-4-23-5-3-10/h6-8,10H,2-5H2,1H3,(H3,17,18,19,20,21,22). The van der Waals surface area contributed by atoms with Gasteiger partial charge < -0.3 is 10.1 Å². The third-order valence-electron chi connectivity index (χ3n) is 3.82. The number of nitrogens with zero attached hydrogens (tertiary/aromatic N) is 2. The lowest BCUT2D eigenvalue weighted by atomic mass is 9.97. The van der Waals surface area contributed by atoms with Crippen molar-refractivity contribution in [2.75, 3.05) is 23.8 Å². The second-order valence-electron chi connectivity index (χ2n) is 5.50. The zero-order chi connectivity index (χ0) is 16.2. The minimum absolute atomic E-state index is 0.326. The number of amides is 2. The lowest BCUT2D eigenvalue weighted by molar-refractivity contribution is 0.0845. The number of aromatic nitrogens is 3. The molecule has 2 amide bonds. The highest BCUT2D eigenvalue weighted by atomic mass is 35.5. The molecule has 1 aliphatic rings. The fourth-order valence-corrected chi connectivity index (χ4v) is 2.68. The molecule has 3 N–H and O–H groups in total. The van der Waals surface area contributed by atoms with Crippen LogP contribution in [0.25, 0.3) is 0 Å². The molecule has 2 aromatic rings. The molecule has 0 saturated carbocycles. The molecule has 2 aromatic heterocycles. The van der Waals surface area contributed by atoms with Crippen LogP contribution in [0.5, 0.6) is 0 Å². The third kappa shape index (κ3) is 4.00. The molecule has 3 heterocycles. The smallest absolute Gasteiger partial charge is 0.324 e. The van der Waals surface area contributed by atoms with Crippen molar-refractivity contribution in [3.8, 4) is 0 Å². The first-order chi connectivity index (χ1) is 11.1. The van der Waals surface area contributed by atoms with Crippen LogP contribution in [0.2, 0.25) is 5.15 Å². The normalized spacial score (nSPS) is 15.4. The number of aryl methyl sites for hydroxylation is 1. The molecule has 0 aliphatic carbocycles. The molecule has 23 heavy (non-hydrogen) atoms. The summed E-state index contributed by atoms with van der Waals surface area (Å²) in [5.74, 6) is 0.887. The molecule has 7 nitrogen and oxygen atoms in total. The highest BCUT2D eigenvalue weighted by molar-refractivity contribution is 6.29. The van der Waals surface area contributed by atoms with Crippen molar-refractivity contribution in [1.82, 2.24) is 15.2 Å². The monoisotopic (exact) mass is 335 g/mol. The van der Waals surface area contributed by atoms with Gasteiger partial charge in [-0.2, -0.15) is 5.10 Å². The van der Waals surface area contributed by atoms with Gasteiger partial charge in [0.1, 0.15) is 5.15 Å². The van der Waals surface area contributed by atoms with Gasteiger partial charge >= 0.3 is 6.03 Å². The molecule has 0 atom stereocenters. The number of H-pyrrole nitrogens is 1. The number of pyridine rings is 1. The number of urea groups is 1. The number of rotatable bonds is 3. The van der Waals surface area contributed by atoms with E-state index in [2.05, 4.69) is 25.8 Å². The number of hydrogen-bond acceptors (Lipinski definition) is 4. The van der Waals surface area contributed by atoms with Crippen LogP contribution in [0.1, 0.15) is 30.0 Å². The first-order valence-corrected chi connectivity index (χ1v) is 7.83. The van der Waals surface area contributed by atoms with Gasteiger partial charge in [-0.15, -0.1) is 0 Å². The second kappa shape index (κ2) is 6.97. The van der Waals surface area contributed by atoms with Crippen LogP contribution in [-0.4, -0.2) is 34.4 Å². The Morgan fingerprint density at radius 1 is 1.35 bits per heavy atom. The average molecular weight is 336 g/mol. The molecule has 0 bridgehead atoms. The van der Waals surface area contributed by atoms with Gasteiger partial charge in [-0.25, -0.2) is 9.78 Å². The molecule has 1 fully saturated rings. The Morgan fingerprint density at radius 2 is 2.13 bits per heavy atom. The summed E-state index contributed by atoms with van der Waals surface area (Å²) in [6.45, 7) is 3.36. The molecule has 122 valence electrons. The predicted molar refractivity (Wildman–Crippen MR) is 88.0 cm³/mol. The SMILES string of the molecule is Cc1cnc(Cl)cc1NC(=O)Nc1cc(C2CCOCC2)[nH]n1. The largest absolute Gasteiger partial charge is 0.381 e. The quantitative estimate of drug-likeness (QED) is 0.750. The highest BCUT2D eigenvalue weighted by Gasteiger charge is 2.18. The Morgan fingerprint density at radius 3 is 2.91 bits per heavy atom. The van der Waals surface area contributed by atoms with E-state index >= 15 is 0 Å². The highest BCUT2D eigenvalue weighted by Crippen LogP contribution is 2.26. The maximum absolute atomic E-state index is 12.1. The average Bonchev–Trinajstić information content (AvgIpc) is 3.00. The van der Waals surface area contributed by atoms with E-state index in [0.717, 1.165) is 37.3 Å². The summed E-state index contributed by atoms with van der Waals surface area (Å²) >= 11 is 5.84. The van der Waals surface area contributed by atoms with E-state index in [-0.39, 0.29) is 6.03 Å². The number of aromatic amines is 1. The minimum Gasteiger partial charge on any atom is -0.381 e. The predicted octanol–water partition coefficient (Wildman–Crippen LogP) is 3.30. The van der Waals surface area contributed by atoms with E-state index in [4.69, 9.17) is 16.3 Å². The van der Waals surface area contributed by atoms with Crippen LogP contribution in [-0.2, 0) is 4.74 Å². The molecule has 0 radical (unpaired) electrons. The summed E-state index contributed by atoms with van der Waals surface area (Å²) in [4.78, 5) is 16.0. The van der Waals surface area contributed by atoms with Gasteiger partial charge in [-0.05, 0) is 31.4 Å². The fraction of sp³-hybridized carbons (Fsp3) is 0.400. The van der Waals surface area contributed by atoms with Gasteiger partial charge in [0.05, 0.1) is 0 Å². The van der Waals surface area contributed by atoms with Crippen molar-refractivity contribution >= 4 is 29.1 Å². The molecular formula is C15H18ClN5O2. The minimum atomic E-state index is -0.375. The molecule has 0 spiro atoms. The van der Waals surface area contributed by atoms with Gasteiger partial charge in [0.2, 0.25) is 0 Å². The number of carbonyl (C=O) groups is 1. The number of nitrogens with one attached hydrogen (secondary N) is 3. The van der Waals surface area contributed by atoms with Crippen molar-refractivity contribution in [3.05, 3.63) is 34.7 Å². The van der Waals surface area contributed by atoms with Crippen molar-refractivity contribution in [2.24, 2.45) is 0 Å². The molecule has 8 heteroatoms. The van der Waals surface area contributed by atoms with E-state index in [1.54, 1.807) is 12.3 Å². The van der Waals surface area contributed by atoms with Gasteiger partial charge in [0.25, 0.3) is 0 Å². The van der Waals surface area contributed by atoms with Crippen molar-refractivity contribution < 1.29 is 9.53 Å². The summed E-state index contributed by atoms with van der Waals surface area (Å²) < 4.78 is 5.35. The van der Waals surface area contributed by atoms with Gasteiger partial charge in [-0.1, -0.05) is 11.6 Å². The van der Waals surface area contributed by atoms with E-state index < -0.39 is 0 Å². The van der Waals surface area contributed by atoms with Crippen molar-refractivity contribution in [1.29, 1.82) is 0 Å². The van der Waals surface area contributed by atoms with Crippen LogP contribution in [0.15, 0.2) is 18.3 Å². The summed E-state index contributed by atoms with van der Waals surface area (Å²) in [5.41, 5.74) is 2.46. The van der Waals surface area contributed by atoms with Crippen LogP contribution < -0.4 is 10.6 Å². The zero-order valence-electron chi connectivity index (χ0n) is 12.7. The number of anilines is 2. The number of ether oxygens (including phenoxy) is 1. The molecule has 0 unspecified atom stereocenters. The Labute approximate surface area is 138 Å². The summed E-state index contributed by atoms with van der Waals surface area (Å²) in [5, 5.41) is 12.9. The summed E-state index contributed by atoms with van der Waals surface area (Å²) in [6, 6.07) is 3.09. The first-order valence-electron chi connectivity index (χ1n) is 7.45. The van der Waals surface area contributed by atoms with Crippen molar-refractivity contribution in [2.45, 2.75) is 25.7 Å². The van der Waals surface area contributed by atoms with Crippen LogP contribution in [0.4, 0.5) is 16.3 Å². The summed E-state index contributed by atoms with van der Waals surface area (Å²) in [6.07, 6.45) is 3.53. The Hall–Kier alpha value is -2.12.